The fraction of sp³-hybridized carbons (Fsp3) is 0.304. The fourth-order valence-corrected chi connectivity index (χ4v) is 4.12. The van der Waals surface area contributed by atoms with Gasteiger partial charge in [-0.1, -0.05) is 29.8 Å². The number of carbonyl (C=O) groups excluding carboxylic acids is 1. The minimum atomic E-state index is -0.552. The first-order chi connectivity index (χ1) is 14.9. The lowest BCUT2D eigenvalue weighted by Crippen LogP contribution is -2.42. The topological polar surface area (TPSA) is 74.4 Å². The van der Waals surface area contributed by atoms with E-state index in [9.17, 15) is 14.0 Å². The number of halogens is 2. The summed E-state index contributed by atoms with van der Waals surface area (Å²) in [6, 6.07) is 10.6. The number of anilines is 1. The molecule has 31 heavy (non-hydrogen) atoms. The van der Waals surface area contributed by atoms with Crippen LogP contribution in [0.5, 0.6) is 0 Å². The van der Waals surface area contributed by atoms with Gasteiger partial charge in [0.25, 0.3) is 5.56 Å². The molecule has 0 bridgehead atoms. The van der Waals surface area contributed by atoms with Gasteiger partial charge in [-0.25, -0.2) is 9.18 Å². The second-order valence-electron chi connectivity index (χ2n) is 7.64. The van der Waals surface area contributed by atoms with Crippen molar-refractivity contribution in [1.29, 1.82) is 0 Å². The minimum Gasteiger partial charge on any atom is -0.376 e. The lowest BCUT2D eigenvalue weighted by atomic mass is 10.0. The summed E-state index contributed by atoms with van der Waals surface area (Å²) in [5.41, 5.74) is 1.04. The Morgan fingerprint density at radius 3 is 2.81 bits per heavy atom. The molecule has 2 atom stereocenters. The van der Waals surface area contributed by atoms with E-state index in [1.807, 2.05) is 19.1 Å². The van der Waals surface area contributed by atoms with Gasteiger partial charge >= 0.3 is 6.03 Å². The van der Waals surface area contributed by atoms with E-state index in [1.54, 1.807) is 23.2 Å². The Morgan fingerprint density at radius 2 is 2.10 bits per heavy atom. The van der Waals surface area contributed by atoms with Crippen LogP contribution in [0, 0.1) is 5.82 Å². The van der Waals surface area contributed by atoms with Gasteiger partial charge in [0.15, 0.2) is 0 Å². The largest absolute Gasteiger partial charge is 0.376 e. The van der Waals surface area contributed by atoms with E-state index in [-0.39, 0.29) is 28.8 Å². The third kappa shape index (κ3) is 4.57. The van der Waals surface area contributed by atoms with Crippen LogP contribution in [0.25, 0.3) is 10.8 Å². The first-order valence-corrected chi connectivity index (χ1v) is 10.6. The number of rotatable bonds is 5. The van der Waals surface area contributed by atoms with Crippen molar-refractivity contribution in [3.05, 3.63) is 75.4 Å². The highest BCUT2D eigenvalue weighted by molar-refractivity contribution is 6.31. The molecule has 2 amide bonds. The van der Waals surface area contributed by atoms with E-state index in [4.69, 9.17) is 16.3 Å². The Balaban J connectivity index is 1.67. The van der Waals surface area contributed by atoms with Crippen LogP contribution in [0.2, 0.25) is 5.02 Å². The Hall–Kier alpha value is -2.90. The predicted octanol–water partition coefficient (Wildman–Crippen LogP) is 5.09. The summed E-state index contributed by atoms with van der Waals surface area (Å²) >= 11 is 5.86. The SMILES string of the molecule is CC(c1c[nH]c(=O)c2ccccc12)N(CC1CCCO1)C(=O)Nc1ccc(F)c(Cl)c1. The standard InChI is InChI=1S/C23H23ClFN3O3/c1-14(19-12-26-22(29)18-7-3-2-6-17(18)19)28(13-16-5-4-10-31-16)23(30)27-15-8-9-21(25)20(24)11-15/h2-3,6-9,11-12,14,16H,4-5,10,13H2,1H3,(H,26,29)(H,27,30). The lowest BCUT2D eigenvalue weighted by molar-refractivity contribution is 0.0743. The third-order valence-electron chi connectivity index (χ3n) is 5.62. The number of pyridine rings is 1. The number of hydrogen-bond donors (Lipinski definition) is 2. The molecule has 8 heteroatoms. The van der Waals surface area contributed by atoms with Gasteiger partial charge in [-0.05, 0) is 55.0 Å². The molecule has 2 N–H and O–H groups in total. The number of aromatic nitrogens is 1. The molecule has 6 nitrogen and oxygen atoms in total. The summed E-state index contributed by atoms with van der Waals surface area (Å²) < 4.78 is 19.3. The van der Waals surface area contributed by atoms with E-state index < -0.39 is 5.82 Å². The van der Waals surface area contributed by atoms with Gasteiger partial charge < -0.3 is 19.9 Å². The minimum absolute atomic E-state index is 0.0665. The summed E-state index contributed by atoms with van der Waals surface area (Å²) in [6.07, 6.45) is 3.40. The second kappa shape index (κ2) is 9.08. The van der Waals surface area contributed by atoms with Crippen molar-refractivity contribution in [2.24, 2.45) is 0 Å². The van der Waals surface area contributed by atoms with Gasteiger partial charge in [-0.2, -0.15) is 0 Å². The number of benzene rings is 2. The highest BCUT2D eigenvalue weighted by Crippen LogP contribution is 2.29. The third-order valence-corrected chi connectivity index (χ3v) is 5.90. The predicted molar refractivity (Wildman–Crippen MR) is 119 cm³/mol. The van der Waals surface area contributed by atoms with Crippen molar-refractivity contribution in [3.63, 3.8) is 0 Å². The number of amides is 2. The van der Waals surface area contributed by atoms with Crippen molar-refractivity contribution >= 4 is 34.1 Å². The molecule has 0 spiro atoms. The van der Waals surface area contributed by atoms with Crippen molar-refractivity contribution < 1.29 is 13.9 Å². The molecule has 3 aromatic rings. The second-order valence-corrected chi connectivity index (χ2v) is 8.05. The summed E-state index contributed by atoms with van der Waals surface area (Å²) in [5, 5.41) is 4.09. The molecule has 1 aliphatic rings. The number of nitrogens with zero attached hydrogens (tertiary/aromatic N) is 1. The van der Waals surface area contributed by atoms with Crippen molar-refractivity contribution in [3.8, 4) is 0 Å². The normalized spacial score (nSPS) is 16.9. The molecule has 1 aliphatic heterocycles. The van der Waals surface area contributed by atoms with Crippen molar-refractivity contribution in [1.82, 2.24) is 9.88 Å². The van der Waals surface area contributed by atoms with Gasteiger partial charge in [0.2, 0.25) is 0 Å². The zero-order valence-corrected chi connectivity index (χ0v) is 17.8. The first kappa shape index (κ1) is 21.3. The summed E-state index contributed by atoms with van der Waals surface area (Å²) in [5.74, 6) is -0.552. The Morgan fingerprint density at radius 1 is 1.32 bits per heavy atom. The zero-order valence-electron chi connectivity index (χ0n) is 17.0. The maximum absolute atomic E-state index is 13.5. The Bertz CT molecular complexity index is 1160. The average Bonchev–Trinajstić information content (AvgIpc) is 3.28. The number of H-pyrrole nitrogens is 1. The quantitative estimate of drug-likeness (QED) is 0.576. The first-order valence-electron chi connectivity index (χ1n) is 10.2. The highest BCUT2D eigenvalue weighted by Gasteiger charge is 2.28. The van der Waals surface area contributed by atoms with E-state index in [2.05, 4.69) is 10.3 Å². The molecular weight excluding hydrogens is 421 g/mol. The molecule has 1 fully saturated rings. The molecule has 4 rings (SSSR count). The van der Waals surface area contributed by atoms with Gasteiger partial charge in [0.1, 0.15) is 5.82 Å². The molecule has 0 saturated carbocycles. The monoisotopic (exact) mass is 443 g/mol. The molecule has 2 unspecified atom stereocenters. The molecular formula is C23H23ClFN3O3. The maximum atomic E-state index is 13.5. The van der Waals surface area contributed by atoms with Gasteiger partial charge in [-0.15, -0.1) is 0 Å². The molecule has 1 aromatic heterocycles. The lowest BCUT2D eigenvalue weighted by Gasteiger charge is -2.32. The van der Waals surface area contributed by atoms with Crippen LogP contribution in [0.3, 0.4) is 0 Å². The maximum Gasteiger partial charge on any atom is 0.322 e. The van der Waals surface area contributed by atoms with Crippen LogP contribution in [-0.4, -0.2) is 35.2 Å². The van der Waals surface area contributed by atoms with Gasteiger partial charge in [-0.3, -0.25) is 4.79 Å². The van der Waals surface area contributed by atoms with Crippen LogP contribution in [0.1, 0.15) is 31.4 Å². The molecule has 162 valence electrons. The fourth-order valence-electron chi connectivity index (χ4n) is 3.94. The van der Waals surface area contributed by atoms with E-state index in [0.29, 0.717) is 24.2 Å². The smallest absolute Gasteiger partial charge is 0.322 e. The van der Waals surface area contributed by atoms with E-state index >= 15 is 0 Å². The summed E-state index contributed by atoms with van der Waals surface area (Å²) in [6.45, 7) is 2.96. The number of hydrogen-bond acceptors (Lipinski definition) is 3. The molecule has 2 heterocycles. The number of nitrogens with one attached hydrogen (secondary N) is 2. The number of ether oxygens (including phenoxy) is 1. The summed E-state index contributed by atoms with van der Waals surface area (Å²) in [4.78, 5) is 29.9. The van der Waals surface area contributed by atoms with Crippen LogP contribution in [0.4, 0.5) is 14.9 Å². The van der Waals surface area contributed by atoms with Crippen LogP contribution in [0.15, 0.2) is 53.5 Å². The van der Waals surface area contributed by atoms with Gasteiger partial charge in [0, 0.05) is 30.4 Å². The number of fused-ring (bicyclic) bond motifs is 1. The van der Waals surface area contributed by atoms with Crippen LogP contribution < -0.4 is 10.9 Å². The highest BCUT2D eigenvalue weighted by atomic mass is 35.5. The molecule has 1 saturated heterocycles. The zero-order chi connectivity index (χ0) is 22.0. The van der Waals surface area contributed by atoms with Crippen molar-refractivity contribution in [2.75, 3.05) is 18.5 Å². The number of urea groups is 1. The average molecular weight is 444 g/mol. The number of carbonyl (C=O) groups is 1. The van der Waals surface area contributed by atoms with Crippen LogP contribution in [-0.2, 0) is 4.74 Å². The molecule has 0 radical (unpaired) electrons. The van der Waals surface area contributed by atoms with E-state index in [0.717, 1.165) is 23.8 Å². The Kier molecular flexibility index (Phi) is 6.25. The molecule has 2 aromatic carbocycles. The van der Waals surface area contributed by atoms with Crippen molar-refractivity contribution in [2.45, 2.75) is 31.9 Å². The van der Waals surface area contributed by atoms with E-state index in [1.165, 1.54) is 18.2 Å². The van der Waals surface area contributed by atoms with Gasteiger partial charge in [0.05, 0.1) is 17.2 Å². The van der Waals surface area contributed by atoms with Crippen LogP contribution >= 0.6 is 11.6 Å². The Labute approximate surface area is 184 Å². The summed E-state index contributed by atoms with van der Waals surface area (Å²) in [7, 11) is 0. The molecule has 0 aliphatic carbocycles. The number of aromatic amines is 1.